The Labute approximate surface area is 144 Å². The fourth-order valence-corrected chi connectivity index (χ4v) is 2.78. The predicted molar refractivity (Wildman–Crippen MR) is 98.8 cm³/mol. The van der Waals surface area contributed by atoms with Crippen molar-refractivity contribution in [2.45, 2.75) is 13.5 Å². The highest BCUT2D eigenvalue weighted by Gasteiger charge is 2.02. The van der Waals surface area contributed by atoms with Crippen LogP contribution >= 0.6 is 11.3 Å². The standard InChI is InChI=1S/C18H18N4OS/c1-13-17(24-12-21-13)11-20-18(19)22-14-6-5-9-16(10-14)23-15-7-3-2-4-8-15/h2-10,12H,11H2,1H3,(H3,19,20,22). The molecule has 6 heteroatoms. The maximum absolute atomic E-state index is 5.96. The van der Waals surface area contributed by atoms with E-state index in [4.69, 9.17) is 10.5 Å². The summed E-state index contributed by atoms with van der Waals surface area (Å²) in [5.41, 5.74) is 9.59. The minimum atomic E-state index is 0.361. The summed E-state index contributed by atoms with van der Waals surface area (Å²) < 4.78 is 5.81. The molecule has 1 heterocycles. The molecule has 3 aromatic rings. The lowest BCUT2D eigenvalue weighted by molar-refractivity contribution is 0.483. The third kappa shape index (κ3) is 4.33. The molecule has 122 valence electrons. The molecule has 0 aliphatic heterocycles. The number of benzene rings is 2. The molecule has 24 heavy (non-hydrogen) atoms. The molecule has 0 fully saturated rings. The van der Waals surface area contributed by atoms with Gasteiger partial charge >= 0.3 is 0 Å². The van der Waals surface area contributed by atoms with Gasteiger partial charge in [0, 0.05) is 16.6 Å². The van der Waals surface area contributed by atoms with Gasteiger partial charge in [-0.25, -0.2) is 9.98 Å². The van der Waals surface area contributed by atoms with Crippen molar-refractivity contribution in [3.63, 3.8) is 0 Å². The Kier molecular flexibility index (Phi) is 5.08. The third-order valence-electron chi connectivity index (χ3n) is 3.32. The summed E-state index contributed by atoms with van der Waals surface area (Å²) in [4.78, 5) is 9.66. The number of nitrogens with one attached hydrogen (secondary N) is 1. The molecule has 0 saturated heterocycles. The molecule has 0 bridgehead atoms. The fourth-order valence-electron chi connectivity index (χ4n) is 2.08. The molecular weight excluding hydrogens is 320 g/mol. The quantitative estimate of drug-likeness (QED) is 0.541. The zero-order valence-electron chi connectivity index (χ0n) is 13.3. The molecule has 0 unspecified atom stereocenters. The maximum Gasteiger partial charge on any atom is 0.193 e. The van der Waals surface area contributed by atoms with Crippen molar-refractivity contribution >= 4 is 23.0 Å². The van der Waals surface area contributed by atoms with Crippen molar-refractivity contribution in [2.75, 3.05) is 5.32 Å². The first-order valence-electron chi connectivity index (χ1n) is 7.49. The lowest BCUT2D eigenvalue weighted by atomic mass is 10.3. The minimum absolute atomic E-state index is 0.361. The summed E-state index contributed by atoms with van der Waals surface area (Å²) in [6.07, 6.45) is 0. The molecule has 0 spiro atoms. The van der Waals surface area contributed by atoms with E-state index in [1.54, 1.807) is 11.3 Å². The van der Waals surface area contributed by atoms with Crippen LogP contribution in [-0.2, 0) is 6.54 Å². The summed E-state index contributed by atoms with van der Waals surface area (Å²) in [5.74, 6) is 1.88. The molecule has 3 N–H and O–H groups in total. The number of thiazole rings is 1. The first-order chi connectivity index (χ1) is 11.7. The molecule has 5 nitrogen and oxygen atoms in total. The Hall–Kier alpha value is -2.86. The highest BCUT2D eigenvalue weighted by atomic mass is 32.1. The van der Waals surface area contributed by atoms with Crippen LogP contribution in [0.5, 0.6) is 11.5 Å². The number of ether oxygens (including phenoxy) is 1. The van der Waals surface area contributed by atoms with E-state index in [0.29, 0.717) is 12.5 Å². The minimum Gasteiger partial charge on any atom is -0.457 e. The summed E-state index contributed by atoms with van der Waals surface area (Å²) >= 11 is 1.58. The number of anilines is 1. The van der Waals surface area contributed by atoms with Crippen molar-refractivity contribution in [2.24, 2.45) is 10.7 Å². The summed E-state index contributed by atoms with van der Waals surface area (Å²) in [5, 5.41) is 3.08. The number of hydrogen-bond acceptors (Lipinski definition) is 4. The molecule has 0 aliphatic rings. The number of aliphatic imine (C=N–C) groups is 1. The fraction of sp³-hybridized carbons (Fsp3) is 0.111. The Morgan fingerprint density at radius 2 is 1.96 bits per heavy atom. The van der Waals surface area contributed by atoms with Gasteiger partial charge in [0.2, 0.25) is 0 Å². The van der Waals surface area contributed by atoms with Crippen LogP contribution in [0.15, 0.2) is 65.1 Å². The van der Waals surface area contributed by atoms with Crippen molar-refractivity contribution in [3.8, 4) is 11.5 Å². The SMILES string of the molecule is Cc1ncsc1CN=C(N)Nc1cccc(Oc2ccccc2)c1. The lowest BCUT2D eigenvalue weighted by Crippen LogP contribution is -2.22. The predicted octanol–water partition coefficient (Wildman–Crippen LogP) is 4.17. The Balaban J connectivity index is 1.64. The van der Waals surface area contributed by atoms with Crippen molar-refractivity contribution < 1.29 is 4.74 Å². The second kappa shape index (κ2) is 7.61. The van der Waals surface area contributed by atoms with Crippen LogP contribution in [0.2, 0.25) is 0 Å². The number of aromatic nitrogens is 1. The molecule has 0 aliphatic carbocycles. The molecule has 0 saturated carbocycles. The number of aryl methyl sites for hydroxylation is 1. The Bertz CT molecular complexity index is 830. The van der Waals surface area contributed by atoms with Crippen molar-refractivity contribution in [1.29, 1.82) is 0 Å². The van der Waals surface area contributed by atoms with Crippen LogP contribution in [-0.4, -0.2) is 10.9 Å². The second-order valence-electron chi connectivity index (χ2n) is 5.13. The van der Waals surface area contributed by atoms with Crippen molar-refractivity contribution in [3.05, 3.63) is 70.7 Å². The number of para-hydroxylation sites is 1. The van der Waals surface area contributed by atoms with Gasteiger partial charge in [-0.2, -0.15) is 0 Å². The molecule has 3 rings (SSSR count). The van der Waals surface area contributed by atoms with Crippen molar-refractivity contribution in [1.82, 2.24) is 4.98 Å². The van der Waals surface area contributed by atoms with E-state index in [9.17, 15) is 0 Å². The molecule has 0 radical (unpaired) electrons. The topological polar surface area (TPSA) is 72.5 Å². The Morgan fingerprint density at radius 3 is 2.71 bits per heavy atom. The zero-order chi connectivity index (χ0) is 16.8. The van der Waals surface area contributed by atoms with Gasteiger partial charge in [-0.15, -0.1) is 11.3 Å². The number of guanidine groups is 1. The number of rotatable bonds is 5. The average Bonchev–Trinajstić information content (AvgIpc) is 2.99. The number of nitrogens with zero attached hydrogens (tertiary/aromatic N) is 2. The molecule has 1 aromatic heterocycles. The van der Waals surface area contributed by atoms with E-state index >= 15 is 0 Å². The number of nitrogens with two attached hydrogens (primary N) is 1. The zero-order valence-corrected chi connectivity index (χ0v) is 14.1. The Morgan fingerprint density at radius 1 is 1.17 bits per heavy atom. The van der Waals surface area contributed by atoms with E-state index in [1.165, 1.54) is 0 Å². The van der Waals surface area contributed by atoms with Gasteiger partial charge in [0.15, 0.2) is 5.96 Å². The van der Waals surface area contributed by atoms with E-state index in [2.05, 4.69) is 15.3 Å². The largest absolute Gasteiger partial charge is 0.457 e. The van der Waals surface area contributed by atoms with Gasteiger partial charge in [-0.05, 0) is 31.2 Å². The van der Waals surface area contributed by atoms with Crippen LogP contribution < -0.4 is 15.8 Å². The monoisotopic (exact) mass is 338 g/mol. The third-order valence-corrected chi connectivity index (χ3v) is 4.24. The average molecular weight is 338 g/mol. The first kappa shape index (κ1) is 16.0. The highest BCUT2D eigenvalue weighted by Crippen LogP contribution is 2.23. The van der Waals surface area contributed by atoms with Gasteiger partial charge in [0.1, 0.15) is 11.5 Å². The first-order valence-corrected chi connectivity index (χ1v) is 8.37. The second-order valence-corrected chi connectivity index (χ2v) is 6.07. The van der Waals surface area contributed by atoms with E-state index in [0.717, 1.165) is 27.8 Å². The summed E-state index contributed by atoms with van der Waals surface area (Å²) in [7, 11) is 0. The molecule has 2 aromatic carbocycles. The van der Waals surface area contributed by atoms with E-state index in [-0.39, 0.29) is 0 Å². The summed E-state index contributed by atoms with van der Waals surface area (Å²) in [6.45, 7) is 2.49. The van der Waals surface area contributed by atoms with Crippen LogP contribution in [0.25, 0.3) is 0 Å². The van der Waals surface area contributed by atoms with E-state index in [1.807, 2.05) is 67.0 Å². The van der Waals surface area contributed by atoms with Crippen LogP contribution in [0.3, 0.4) is 0 Å². The van der Waals surface area contributed by atoms with Crippen LogP contribution in [0.1, 0.15) is 10.6 Å². The van der Waals surface area contributed by atoms with Crippen LogP contribution in [0, 0.1) is 6.92 Å². The molecular formula is C18H18N4OS. The normalized spacial score (nSPS) is 11.3. The number of hydrogen-bond donors (Lipinski definition) is 2. The van der Waals surface area contributed by atoms with Gasteiger partial charge in [-0.3, -0.25) is 0 Å². The maximum atomic E-state index is 5.96. The summed E-state index contributed by atoms with van der Waals surface area (Å²) in [6, 6.07) is 17.2. The highest BCUT2D eigenvalue weighted by molar-refractivity contribution is 7.09. The smallest absolute Gasteiger partial charge is 0.193 e. The van der Waals surface area contributed by atoms with Crippen LogP contribution in [0.4, 0.5) is 5.69 Å². The van der Waals surface area contributed by atoms with Gasteiger partial charge in [0.05, 0.1) is 17.7 Å². The van der Waals surface area contributed by atoms with E-state index < -0.39 is 0 Å². The lowest BCUT2D eigenvalue weighted by Gasteiger charge is -2.09. The molecule has 0 amide bonds. The van der Waals surface area contributed by atoms with Gasteiger partial charge in [0.25, 0.3) is 0 Å². The molecule has 0 atom stereocenters. The van der Waals surface area contributed by atoms with Gasteiger partial charge in [-0.1, -0.05) is 24.3 Å². The van der Waals surface area contributed by atoms with Gasteiger partial charge < -0.3 is 15.8 Å².